The highest BCUT2D eigenvalue weighted by Gasteiger charge is 2.00. The topological polar surface area (TPSA) is 17.1 Å². The van der Waals surface area contributed by atoms with Crippen LogP contribution in [-0.4, -0.2) is 5.24 Å². The van der Waals surface area contributed by atoms with Crippen LogP contribution in [0.5, 0.6) is 0 Å². The van der Waals surface area contributed by atoms with Gasteiger partial charge in [0.1, 0.15) is 0 Å². The van der Waals surface area contributed by atoms with E-state index in [0.29, 0.717) is 15.6 Å². The number of rotatable bonds is 2. The summed E-state index contributed by atoms with van der Waals surface area (Å²) in [5, 5.41) is 0.320. The molecule has 0 N–H and O–H groups in total. The van der Waals surface area contributed by atoms with Gasteiger partial charge in [-0.2, -0.15) is 0 Å². The Morgan fingerprint density at radius 2 is 2.00 bits per heavy atom. The molecule has 0 unspecified atom stereocenters. The number of halogens is 3. The molecular formula is C9H5Cl3O. The lowest BCUT2D eigenvalue weighted by atomic mass is 10.2. The molecule has 0 saturated carbocycles. The molecule has 0 spiro atoms. The van der Waals surface area contributed by atoms with Gasteiger partial charge in [-0.3, -0.25) is 4.79 Å². The predicted molar refractivity (Wildman–Crippen MR) is 56.4 cm³/mol. The number of allylic oxidation sites excluding steroid dienone is 1. The van der Waals surface area contributed by atoms with Gasteiger partial charge in [-0.1, -0.05) is 35.3 Å². The summed E-state index contributed by atoms with van der Waals surface area (Å²) in [6.07, 6.45) is 2.74. The number of benzene rings is 1. The zero-order chi connectivity index (χ0) is 9.84. The van der Waals surface area contributed by atoms with Crippen LogP contribution in [0.15, 0.2) is 24.3 Å². The van der Waals surface area contributed by atoms with E-state index < -0.39 is 5.24 Å². The van der Waals surface area contributed by atoms with E-state index in [0.717, 1.165) is 0 Å². The molecule has 0 aromatic heterocycles. The Bertz CT molecular complexity index is 358. The van der Waals surface area contributed by atoms with Crippen LogP contribution >= 0.6 is 34.8 Å². The van der Waals surface area contributed by atoms with Crippen molar-refractivity contribution in [1.29, 1.82) is 0 Å². The molecule has 0 amide bonds. The Labute approximate surface area is 90.9 Å². The van der Waals surface area contributed by atoms with E-state index in [2.05, 4.69) is 0 Å². The van der Waals surface area contributed by atoms with Crippen LogP contribution < -0.4 is 0 Å². The maximum absolute atomic E-state index is 10.4. The van der Waals surface area contributed by atoms with Crippen molar-refractivity contribution in [2.45, 2.75) is 0 Å². The predicted octanol–water partition coefficient (Wildman–Crippen LogP) is 3.77. The van der Waals surface area contributed by atoms with E-state index in [1.54, 1.807) is 18.2 Å². The molecule has 0 aliphatic heterocycles. The Balaban J connectivity index is 3.02. The Hall–Kier alpha value is -0.500. The van der Waals surface area contributed by atoms with E-state index >= 15 is 0 Å². The Kier molecular flexibility index (Phi) is 3.79. The molecule has 0 radical (unpaired) electrons. The molecule has 1 nitrogen and oxygen atoms in total. The molecule has 0 aliphatic rings. The smallest absolute Gasteiger partial charge is 0.245 e. The minimum atomic E-state index is -0.545. The van der Waals surface area contributed by atoms with Crippen molar-refractivity contribution in [3.05, 3.63) is 39.9 Å². The van der Waals surface area contributed by atoms with Crippen molar-refractivity contribution < 1.29 is 4.79 Å². The van der Waals surface area contributed by atoms with Crippen molar-refractivity contribution >= 4 is 46.1 Å². The molecule has 0 saturated heterocycles. The maximum atomic E-state index is 10.4. The fourth-order valence-electron chi connectivity index (χ4n) is 0.804. The fraction of sp³-hybridized carbons (Fsp3) is 0. The summed E-state index contributed by atoms with van der Waals surface area (Å²) in [4.78, 5) is 10.4. The van der Waals surface area contributed by atoms with Crippen LogP contribution in [0.2, 0.25) is 10.0 Å². The summed E-state index contributed by atoms with van der Waals surface area (Å²) in [5.41, 5.74) is 0.670. The van der Waals surface area contributed by atoms with Crippen molar-refractivity contribution in [3.8, 4) is 0 Å². The van der Waals surface area contributed by atoms with Gasteiger partial charge in [-0.25, -0.2) is 0 Å². The molecule has 0 bridgehead atoms. The van der Waals surface area contributed by atoms with Gasteiger partial charge in [0.2, 0.25) is 5.24 Å². The number of hydrogen-bond acceptors (Lipinski definition) is 1. The van der Waals surface area contributed by atoms with Crippen molar-refractivity contribution in [2.24, 2.45) is 0 Å². The van der Waals surface area contributed by atoms with Crippen molar-refractivity contribution in [1.82, 2.24) is 0 Å². The van der Waals surface area contributed by atoms with E-state index in [1.807, 2.05) is 0 Å². The first kappa shape index (κ1) is 10.6. The molecule has 1 aromatic carbocycles. The highest BCUT2D eigenvalue weighted by molar-refractivity contribution is 6.66. The molecule has 4 heteroatoms. The average molecular weight is 235 g/mol. The van der Waals surface area contributed by atoms with E-state index in [1.165, 1.54) is 12.2 Å². The molecule has 0 atom stereocenters. The quantitative estimate of drug-likeness (QED) is 0.563. The van der Waals surface area contributed by atoms with Gasteiger partial charge in [0.15, 0.2) is 0 Å². The second-order valence-electron chi connectivity index (χ2n) is 2.28. The molecule has 0 fully saturated rings. The van der Waals surface area contributed by atoms with Crippen LogP contribution in [0.3, 0.4) is 0 Å². The first-order valence-electron chi connectivity index (χ1n) is 3.43. The van der Waals surface area contributed by atoms with Crippen LogP contribution in [0.4, 0.5) is 0 Å². The lowest BCUT2D eigenvalue weighted by molar-refractivity contribution is -0.107. The highest BCUT2D eigenvalue weighted by atomic mass is 35.5. The summed E-state index contributed by atoms with van der Waals surface area (Å²) in [7, 11) is 0. The van der Waals surface area contributed by atoms with Gasteiger partial charge >= 0.3 is 0 Å². The summed E-state index contributed by atoms with van der Waals surface area (Å²) >= 11 is 16.7. The van der Waals surface area contributed by atoms with Crippen LogP contribution in [0, 0.1) is 0 Å². The van der Waals surface area contributed by atoms with E-state index in [-0.39, 0.29) is 0 Å². The first-order chi connectivity index (χ1) is 6.11. The van der Waals surface area contributed by atoms with E-state index in [4.69, 9.17) is 34.8 Å². The number of carbonyl (C=O) groups excluding carboxylic acids is 1. The second kappa shape index (κ2) is 4.66. The molecular weight excluding hydrogens is 230 g/mol. The largest absolute Gasteiger partial charge is 0.276 e. The van der Waals surface area contributed by atoms with Gasteiger partial charge < -0.3 is 0 Å². The molecule has 68 valence electrons. The lowest BCUT2D eigenvalue weighted by Gasteiger charge is -1.98. The summed E-state index contributed by atoms with van der Waals surface area (Å²) in [6.45, 7) is 0. The fourth-order valence-corrected chi connectivity index (χ4v) is 1.24. The zero-order valence-corrected chi connectivity index (χ0v) is 8.70. The first-order valence-corrected chi connectivity index (χ1v) is 4.56. The molecule has 0 heterocycles. The van der Waals surface area contributed by atoms with Gasteiger partial charge in [0, 0.05) is 0 Å². The third-order valence-electron chi connectivity index (χ3n) is 1.38. The zero-order valence-electron chi connectivity index (χ0n) is 6.43. The standard InChI is InChI=1S/C9H5Cl3O/c10-7-3-1-2-6(9(7)12)4-5-8(11)13/h1-5H. The van der Waals surface area contributed by atoms with Gasteiger partial charge in [0.25, 0.3) is 0 Å². The van der Waals surface area contributed by atoms with Gasteiger partial charge in [0.05, 0.1) is 10.0 Å². The SMILES string of the molecule is O=C(Cl)C=Cc1cccc(Cl)c1Cl. The lowest BCUT2D eigenvalue weighted by Crippen LogP contribution is -1.79. The Morgan fingerprint density at radius 1 is 1.31 bits per heavy atom. The molecule has 0 aliphatic carbocycles. The maximum Gasteiger partial charge on any atom is 0.245 e. The van der Waals surface area contributed by atoms with Crippen LogP contribution in [0.1, 0.15) is 5.56 Å². The third kappa shape index (κ3) is 3.03. The van der Waals surface area contributed by atoms with Crippen molar-refractivity contribution in [3.63, 3.8) is 0 Å². The number of hydrogen-bond donors (Lipinski definition) is 0. The summed E-state index contributed by atoms with van der Waals surface area (Å²) in [6, 6.07) is 5.15. The van der Waals surface area contributed by atoms with E-state index in [9.17, 15) is 4.79 Å². The van der Waals surface area contributed by atoms with Crippen LogP contribution in [-0.2, 0) is 4.79 Å². The highest BCUT2D eigenvalue weighted by Crippen LogP contribution is 2.26. The van der Waals surface area contributed by atoms with Gasteiger partial charge in [-0.05, 0) is 35.4 Å². The average Bonchev–Trinajstić information content (AvgIpc) is 2.07. The van der Waals surface area contributed by atoms with Crippen molar-refractivity contribution in [2.75, 3.05) is 0 Å². The van der Waals surface area contributed by atoms with Crippen LogP contribution in [0.25, 0.3) is 6.08 Å². The molecule has 1 rings (SSSR count). The third-order valence-corrected chi connectivity index (χ3v) is 2.33. The molecule has 13 heavy (non-hydrogen) atoms. The normalized spacial score (nSPS) is 10.7. The minimum Gasteiger partial charge on any atom is -0.276 e. The van der Waals surface area contributed by atoms with Gasteiger partial charge in [-0.15, -0.1) is 0 Å². The summed E-state index contributed by atoms with van der Waals surface area (Å²) < 4.78 is 0. The second-order valence-corrected chi connectivity index (χ2v) is 3.44. The minimum absolute atomic E-state index is 0.415. The summed E-state index contributed by atoms with van der Waals surface area (Å²) in [5.74, 6) is 0. The molecule has 1 aromatic rings. The monoisotopic (exact) mass is 234 g/mol. The Morgan fingerprint density at radius 3 is 2.62 bits per heavy atom. The number of carbonyl (C=O) groups is 1.